The lowest BCUT2D eigenvalue weighted by Crippen LogP contribution is -2.30. The molecule has 0 amide bonds. The second-order valence-electron chi connectivity index (χ2n) is 7.03. The SMILES string of the molecule is CCN(C)CCNC1=CC(c2c[nH]nc2C(F)(F)F)Nc2ccc3[nH]ncc3c21. The number of hydrogen-bond acceptors (Lipinski definition) is 5. The van der Waals surface area contributed by atoms with Crippen LogP contribution in [0.25, 0.3) is 16.6 Å². The van der Waals surface area contributed by atoms with Gasteiger partial charge in [0.2, 0.25) is 0 Å². The van der Waals surface area contributed by atoms with Crippen molar-refractivity contribution >= 4 is 22.3 Å². The Kier molecular flexibility index (Phi) is 4.95. The number of anilines is 1. The Balaban J connectivity index is 1.73. The van der Waals surface area contributed by atoms with Crippen molar-refractivity contribution in [2.45, 2.75) is 19.1 Å². The quantitative estimate of drug-likeness (QED) is 0.506. The van der Waals surface area contributed by atoms with Gasteiger partial charge < -0.3 is 15.5 Å². The molecule has 0 spiro atoms. The maximum atomic E-state index is 13.4. The van der Waals surface area contributed by atoms with Gasteiger partial charge in [-0.3, -0.25) is 10.2 Å². The van der Waals surface area contributed by atoms with Gasteiger partial charge in [0.25, 0.3) is 0 Å². The summed E-state index contributed by atoms with van der Waals surface area (Å²) in [4.78, 5) is 2.16. The van der Waals surface area contributed by atoms with Crippen LogP contribution < -0.4 is 10.6 Å². The van der Waals surface area contributed by atoms with Gasteiger partial charge in [-0.2, -0.15) is 23.4 Å². The van der Waals surface area contributed by atoms with Crippen molar-refractivity contribution in [2.75, 3.05) is 32.0 Å². The lowest BCUT2D eigenvalue weighted by atomic mass is 9.95. The highest BCUT2D eigenvalue weighted by molar-refractivity contribution is 5.98. The number of aromatic amines is 2. The molecule has 4 rings (SSSR count). The van der Waals surface area contributed by atoms with Gasteiger partial charge in [0.1, 0.15) is 0 Å². The normalized spacial score (nSPS) is 16.6. The van der Waals surface area contributed by atoms with Crippen molar-refractivity contribution in [3.8, 4) is 0 Å². The fraction of sp³-hybridized carbons (Fsp3) is 0.368. The molecule has 4 N–H and O–H groups in total. The maximum Gasteiger partial charge on any atom is 0.435 e. The van der Waals surface area contributed by atoms with E-state index in [1.165, 1.54) is 6.20 Å². The average molecular weight is 405 g/mol. The minimum absolute atomic E-state index is 0.0559. The van der Waals surface area contributed by atoms with Crippen LogP contribution in [-0.2, 0) is 6.18 Å². The molecule has 10 heteroatoms. The Morgan fingerprint density at radius 2 is 2.10 bits per heavy atom. The van der Waals surface area contributed by atoms with E-state index in [1.807, 2.05) is 19.2 Å². The summed E-state index contributed by atoms with van der Waals surface area (Å²) in [5.74, 6) is 0. The fourth-order valence-electron chi connectivity index (χ4n) is 3.50. The molecule has 1 atom stereocenters. The van der Waals surface area contributed by atoms with Gasteiger partial charge in [-0.25, -0.2) is 0 Å². The Morgan fingerprint density at radius 3 is 2.86 bits per heavy atom. The molecule has 3 aromatic rings. The Bertz CT molecular complexity index is 1030. The van der Waals surface area contributed by atoms with Gasteiger partial charge in [0.15, 0.2) is 5.69 Å². The zero-order chi connectivity index (χ0) is 20.6. The Hall–Kier alpha value is -3.01. The summed E-state index contributed by atoms with van der Waals surface area (Å²) in [5.41, 5.74) is 2.41. The van der Waals surface area contributed by atoms with E-state index in [4.69, 9.17) is 0 Å². The van der Waals surface area contributed by atoms with Crippen molar-refractivity contribution < 1.29 is 13.2 Å². The van der Waals surface area contributed by atoms with Crippen LogP contribution in [0, 0.1) is 0 Å². The first-order valence-corrected chi connectivity index (χ1v) is 9.36. The largest absolute Gasteiger partial charge is 0.435 e. The average Bonchev–Trinajstić information content (AvgIpc) is 3.36. The third-order valence-corrected chi connectivity index (χ3v) is 5.16. The predicted molar refractivity (Wildman–Crippen MR) is 105 cm³/mol. The first kappa shape index (κ1) is 19.3. The Labute approximate surface area is 165 Å². The van der Waals surface area contributed by atoms with E-state index in [9.17, 15) is 13.2 Å². The molecule has 1 unspecified atom stereocenters. The van der Waals surface area contributed by atoms with Crippen molar-refractivity contribution in [2.24, 2.45) is 0 Å². The smallest absolute Gasteiger partial charge is 0.383 e. The number of H-pyrrole nitrogens is 2. The van der Waals surface area contributed by atoms with Crippen molar-refractivity contribution in [3.63, 3.8) is 0 Å². The van der Waals surface area contributed by atoms with Crippen LogP contribution in [0.2, 0.25) is 0 Å². The second-order valence-corrected chi connectivity index (χ2v) is 7.03. The molecular formula is C19H22F3N7. The molecule has 0 saturated heterocycles. The molecule has 0 saturated carbocycles. The van der Waals surface area contributed by atoms with Crippen LogP contribution in [0.4, 0.5) is 18.9 Å². The second kappa shape index (κ2) is 7.43. The van der Waals surface area contributed by atoms with Crippen LogP contribution in [0.5, 0.6) is 0 Å². The highest BCUT2D eigenvalue weighted by Crippen LogP contribution is 2.41. The topological polar surface area (TPSA) is 84.7 Å². The number of halogens is 3. The van der Waals surface area contributed by atoms with E-state index in [2.05, 4.69) is 42.9 Å². The zero-order valence-corrected chi connectivity index (χ0v) is 16.1. The van der Waals surface area contributed by atoms with Gasteiger partial charge in [-0.15, -0.1) is 0 Å². The monoisotopic (exact) mass is 405 g/mol. The molecule has 154 valence electrons. The van der Waals surface area contributed by atoms with E-state index < -0.39 is 17.9 Å². The molecule has 7 nitrogen and oxygen atoms in total. The van der Waals surface area contributed by atoms with Crippen LogP contribution in [-0.4, -0.2) is 52.0 Å². The predicted octanol–water partition coefficient (Wildman–Crippen LogP) is 3.35. The summed E-state index contributed by atoms with van der Waals surface area (Å²) in [6, 6.07) is 3.04. The maximum absolute atomic E-state index is 13.4. The minimum atomic E-state index is -4.53. The van der Waals surface area contributed by atoms with E-state index in [0.717, 1.165) is 40.9 Å². The first-order chi connectivity index (χ1) is 13.9. The molecule has 2 aromatic heterocycles. The number of fused-ring (bicyclic) bond motifs is 3. The molecule has 3 heterocycles. The summed E-state index contributed by atoms with van der Waals surface area (Å²) in [6.07, 6.45) is 0.265. The number of nitrogens with zero attached hydrogens (tertiary/aromatic N) is 3. The number of benzene rings is 1. The zero-order valence-electron chi connectivity index (χ0n) is 16.1. The van der Waals surface area contributed by atoms with E-state index >= 15 is 0 Å². The molecule has 1 aliphatic rings. The molecule has 0 radical (unpaired) electrons. The lowest BCUT2D eigenvalue weighted by molar-refractivity contribution is -0.141. The molecule has 1 aromatic carbocycles. The molecule has 1 aliphatic heterocycles. The van der Waals surface area contributed by atoms with Crippen LogP contribution >= 0.6 is 0 Å². The third kappa shape index (κ3) is 3.67. The highest BCUT2D eigenvalue weighted by Gasteiger charge is 2.39. The third-order valence-electron chi connectivity index (χ3n) is 5.16. The molecule has 0 aliphatic carbocycles. The van der Waals surface area contributed by atoms with Crippen LogP contribution in [0.1, 0.15) is 29.8 Å². The molecule has 0 fully saturated rings. The first-order valence-electron chi connectivity index (χ1n) is 9.36. The standard InChI is InChI=1S/C19H22F3N7/c1-3-29(2)7-6-23-16-8-15(12-10-25-28-18(12)19(20,21)22)26-14-5-4-13-11(17(14)16)9-24-27-13/h4-5,8-10,15,23,26H,3,6-7H2,1-2H3,(H,24,27)(H,25,28). The molecular weight excluding hydrogens is 383 g/mol. The van der Waals surface area contributed by atoms with Crippen LogP contribution in [0.15, 0.2) is 30.6 Å². The summed E-state index contributed by atoms with van der Waals surface area (Å²) in [6.45, 7) is 4.45. The summed E-state index contributed by atoms with van der Waals surface area (Å²) in [5, 5.41) is 20.3. The number of rotatable bonds is 6. The van der Waals surface area contributed by atoms with E-state index in [0.29, 0.717) is 6.54 Å². The molecule has 0 bridgehead atoms. The summed E-state index contributed by atoms with van der Waals surface area (Å²) < 4.78 is 40.1. The lowest BCUT2D eigenvalue weighted by Gasteiger charge is -2.28. The summed E-state index contributed by atoms with van der Waals surface area (Å²) >= 11 is 0. The van der Waals surface area contributed by atoms with Crippen LogP contribution in [0.3, 0.4) is 0 Å². The Morgan fingerprint density at radius 1 is 1.28 bits per heavy atom. The van der Waals surface area contributed by atoms with Crippen molar-refractivity contribution in [1.29, 1.82) is 0 Å². The fourth-order valence-corrected chi connectivity index (χ4v) is 3.50. The van der Waals surface area contributed by atoms with Crippen molar-refractivity contribution in [1.82, 2.24) is 30.6 Å². The van der Waals surface area contributed by atoms with Gasteiger partial charge in [0, 0.05) is 47.2 Å². The molecule has 29 heavy (non-hydrogen) atoms. The number of nitrogens with one attached hydrogen (secondary N) is 4. The van der Waals surface area contributed by atoms with Gasteiger partial charge in [-0.05, 0) is 31.8 Å². The van der Waals surface area contributed by atoms with E-state index in [1.54, 1.807) is 12.3 Å². The number of hydrogen-bond donors (Lipinski definition) is 4. The minimum Gasteiger partial charge on any atom is -0.383 e. The highest BCUT2D eigenvalue weighted by atomic mass is 19.4. The van der Waals surface area contributed by atoms with Gasteiger partial charge in [0.05, 0.1) is 17.8 Å². The van der Waals surface area contributed by atoms with Gasteiger partial charge >= 0.3 is 6.18 Å². The summed E-state index contributed by atoms with van der Waals surface area (Å²) in [7, 11) is 2.02. The van der Waals surface area contributed by atoms with Crippen molar-refractivity contribution in [3.05, 3.63) is 47.4 Å². The number of aromatic nitrogens is 4. The van der Waals surface area contributed by atoms with E-state index in [-0.39, 0.29) is 5.56 Å². The number of likely N-dealkylation sites (N-methyl/N-ethyl adjacent to an activating group) is 1. The number of alkyl halides is 3. The van der Waals surface area contributed by atoms with Gasteiger partial charge in [-0.1, -0.05) is 6.92 Å².